The largest absolute Gasteiger partial charge is 0.416 e. The highest BCUT2D eigenvalue weighted by molar-refractivity contribution is 5.94. The van der Waals surface area contributed by atoms with Gasteiger partial charge in [-0.25, -0.2) is 4.52 Å². The molecule has 2 heterocycles. The maximum Gasteiger partial charge on any atom is 0.416 e. The predicted molar refractivity (Wildman–Crippen MR) is 105 cm³/mol. The van der Waals surface area contributed by atoms with Crippen LogP contribution in [0.1, 0.15) is 28.5 Å². The summed E-state index contributed by atoms with van der Waals surface area (Å²) in [4.78, 5) is 25.4. The van der Waals surface area contributed by atoms with Crippen molar-refractivity contribution in [2.45, 2.75) is 26.2 Å². The van der Waals surface area contributed by atoms with Crippen molar-refractivity contribution in [2.75, 3.05) is 0 Å². The summed E-state index contributed by atoms with van der Waals surface area (Å²) in [5.41, 5.74) is 0.331. The first kappa shape index (κ1) is 19.7. The molecule has 154 valence electrons. The van der Waals surface area contributed by atoms with Gasteiger partial charge >= 0.3 is 6.18 Å². The summed E-state index contributed by atoms with van der Waals surface area (Å²) in [6, 6.07) is 13.5. The quantitative estimate of drug-likeness (QED) is 0.555. The van der Waals surface area contributed by atoms with Crippen molar-refractivity contribution in [2.24, 2.45) is 0 Å². The van der Waals surface area contributed by atoms with Gasteiger partial charge in [0.2, 0.25) is 0 Å². The van der Waals surface area contributed by atoms with Gasteiger partial charge < -0.3 is 9.88 Å². The average Bonchev–Trinajstić information content (AvgIpc) is 3.18. The van der Waals surface area contributed by atoms with E-state index in [1.54, 1.807) is 28.8 Å². The maximum atomic E-state index is 13.1. The predicted octanol–water partition coefficient (Wildman–Crippen LogP) is 3.62. The number of nitrogens with one attached hydrogen (secondary N) is 1. The van der Waals surface area contributed by atoms with Crippen molar-refractivity contribution in [1.82, 2.24) is 19.5 Å². The van der Waals surface area contributed by atoms with Crippen LogP contribution in [-0.2, 0) is 19.3 Å². The van der Waals surface area contributed by atoms with E-state index in [1.807, 2.05) is 6.92 Å². The fraction of sp³-hybridized carbons (Fsp3) is 0.190. The number of benzene rings is 2. The third-order valence-corrected chi connectivity index (χ3v) is 4.89. The fourth-order valence-electron chi connectivity index (χ4n) is 3.48. The second-order valence-corrected chi connectivity index (χ2v) is 6.70. The lowest BCUT2D eigenvalue weighted by Crippen LogP contribution is -2.25. The zero-order valence-electron chi connectivity index (χ0n) is 15.9. The Bertz CT molecular complexity index is 1320. The van der Waals surface area contributed by atoms with Gasteiger partial charge in [-0.3, -0.25) is 9.59 Å². The van der Waals surface area contributed by atoms with E-state index in [4.69, 9.17) is 0 Å². The van der Waals surface area contributed by atoms with E-state index in [0.717, 1.165) is 6.07 Å². The van der Waals surface area contributed by atoms with Gasteiger partial charge in [0.1, 0.15) is 5.52 Å². The van der Waals surface area contributed by atoms with Crippen LogP contribution in [0.4, 0.5) is 13.2 Å². The first-order chi connectivity index (χ1) is 14.3. The molecule has 4 aromatic rings. The molecular formula is C21H17F3N4O2. The van der Waals surface area contributed by atoms with Crippen LogP contribution in [0, 0.1) is 0 Å². The summed E-state index contributed by atoms with van der Waals surface area (Å²) in [6.45, 7) is 1.96. The molecule has 4 rings (SSSR count). The number of rotatable bonds is 4. The molecule has 0 spiro atoms. The van der Waals surface area contributed by atoms with Crippen LogP contribution >= 0.6 is 0 Å². The number of aromatic nitrogens is 3. The molecule has 0 bridgehead atoms. The molecular weight excluding hydrogens is 397 g/mol. The monoisotopic (exact) mass is 414 g/mol. The minimum atomic E-state index is -4.52. The van der Waals surface area contributed by atoms with Crippen molar-refractivity contribution < 1.29 is 18.0 Å². The number of hydrogen-bond acceptors (Lipinski definition) is 3. The molecule has 1 N–H and O–H groups in total. The highest BCUT2D eigenvalue weighted by atomic mass is 19.4. The van der Waals surface area contributed by atoms with Crippen molar-refractivity contribution in [3.63, 3.8) is 0 Å². The highest BCUT2D eigenvalue weighted by Gasteiger charge is 2.32. The summed E-state index contributed by atoms with van der Waals surface area (Å²) in [6.07, 6.45) is -4.52. The normalized spacial score (nSPS) is 11.9. The Kier molecular flexibility index (Phi) is 4.81. The number of aryl methyl sites for hydroxylation is 1. The molecule has 9 heteroatoms. The standard InChI is InChI=1S/C21H17F3N4O2/c1-2-27-16-9-5-6-10-17(16)28-18(20(27)30)11-15(26-28)19(29)25-12-13-7-3-4-8-14(13)21(22,23)24/h3-11H,2,12H2,1H3,(H,25,29). The molecule has 0 aliphatic heterocycles. The topological polar surface area (TPSA) is 68.4 Å². The van der Waals surface area contributed by atoms with Gasteiger partial charge in [0.15, 0.2) is 5.69 Å². The van der Waals surface area contributed by atoms with Gasteiger partial charge in [-0.05, 0) is 30.7 Å². The Hall–Kier alpha value is -3.62. The van der Waals surface area contributed by atoms with E-state index in [2.05, 4.69) is 10.4 Å². The maximum absolute atomic E-state index is 13.1. The lowest BCUT2D eigenvalue weighted by molar-refractivity contribution is -0.138. The van der Waals surface area contributed by atoms with Crippen LogP contribution in [0.3, 0.4) is 0 Å². The van der Waals surface area contributed by atoms with E-state index in [-0.39, 0.29) is 28.9 Å². The van der Waals surface area contributed by atoms with Gasteiger partial charge in [-0.1, -0.05) is 30.3 Å². The number of fused-ring (bicyclic) bond motifs is 3. The van der Waals surface area contributed by atoms with Gasteiger partial charge in [0.25, 0.3) is 11.5 Å². The van der Waals surface area contributed by atoms with E-state index in [9.17, 15) is 22.8 Å². The minimum Gasteiger partial charge on any atom is -0.347 e. The first-order valence-electron chi connectivity index (χ1n) is 9.26. The van der Waals surface area contributed by atoms with Crippen LogP contribution in [0.2, 0.25) is 0 Å². The summed E-state index contributed by atoms with van der Waals surface area (Å²) in [5, 5.41) is 6.69. The molecule has 0 saturated heterocycles. The Morgan fingerprint density at radius 3 is 2.40 bits per heavy atom. The molecule has 6 nitrogen and oxygen atoms in total. The number of nitrogens with zero attached hydrogens (tertiary/aromatic N) is 3. The number of alkyl halides is 3. The van der Waals surface area contributed by atoms with E-state index in [0.29, 0.717) is 17.6 Å². The van der Waals surface area contributed by atoms with Crippen molar-refractivity contribution in [1.29, 1.82) is 0 Å². The Balaban J connectivity index is 1.70. The molecule has 0 unspecified atom stereocenters. The summed E-state index contributed by atoms with van der Waals surface area (Å²) < 4.78 is 42.4. The Morgan fingerprint density at radius 2 is 1.70 bits per heavy atom. The molecule has 1 amide bonds. The Morgan fingerprint density at radius 1 is 1.03 bits per heavy atom. The summed E-state index contributed by atoms with van der Waals surface area (Å²) in [7, 11) is 0. The van der Waals surface area contributed by atoms with Crippen LogP contribution in [0.15, 0.2) is 59.4 Å². The Labute approximate surface area is 168 Å². The number of para-hydroxylation sites is 2. The SMILES string of the molecule is CCn1c(=O)c2cc(C(=O)NCc3ccccc3C(F)(F)F)nn2c2ccccc21. The van der Waals surface area contributed by atoms with Crippen LogP contribution in [-0.4, -0.2) is 20.1 Å². The van der Waals surface area contributed by atoms with E-state index in [1.165, 1.54) is 28.8 Å². The molecule has 2 aromatic carbocycles. The molecule has 0 saturated carbocycles. The van der Waals surface area contributed by atoms with Crippen molar-refractivity contribution in [3.05, 3.63) is 81.8 Å². The number of hydrogen-bond donors (Lipinski definition) is 1. The van der Waals surface area contributed by atoms with Gasteiger partial charge in [-0.2, -0.15) is 18.3 Å². The van der Waals surface area contributed by atoms with Gasteiger partial charge in [-0.15, -0.1) is 0 Å². The average molecular weight is 414 g/mol. The zero-order chi connectivity index (χ0) is 21.5. The third kappa shape index (κ3) is 3.32. The minimum absolute atomic E-state index is 0.0457. The zero-order valence-corrected chi connectivity index (χ0v) is 15.9. The molecule has 0 radical (unpaired) electrons. The molecule has 0 atom stereocenters. The molecule has 0 fully saturated rings. The highest BCUT2D eigenvalue weighted by Crippen LogP contribution is 2.31. The van der Waals surface area contributed by atoms with Crippen LogP contribution in [0.25, 0.3) is 16.6 Å². The first-order valence-corrected chi connectivity index (χ1v) is 9.26. The number of halogens is 3. The van der Waals surface area contributed by atoms with Crippen LogP contribution in [0.5, 0.6) is 0 Å². The van der Waals surface area contributed by atoms with Crippen LogP contribution < -0.4 is 10.9 Å². The van der Waals surface area contributed by atoms with E-state index >= 15 is 0 Å². The third-order valence-electron chi connectivity index (χ3n) is 4.89. The fourth-order valence-corrected chi connectivity index (χ4v) is 3.48. The van der Waals surface area contributed by atoms with Gasteiger partial charge in [0.05, 0.1) is 16.6 Å². The summed E-state index contributed by atoms with van der Waals surface area (Å²) >= 11 is 0. The second kappa shape index (κ2) is 7.33. The second-order valence-electron chi connectivity index (χ2n) is 6.70. The smallest absolute Gasteiger partial charge is 0.347 e. The summed E-state index contributed by atoms with van der Waals surface area (Å²) in [5.74, 6) is -0.665. The molecule has 30 heavy (non-hydrogen) atoms. The lowest BCUT2D eigenvalue weighted by Gasteiger charge is -2.12. The van der Waals surface area contributed by atoms with Gasteiger partial charge in [0, 0.05) is 19.2 Å². The molecule has 0 aliphatic rings. The lowest BCUT2D eigenvalue weighted by atomic mass is 10.1. The number of carbonyl (C=O) groups is 1. The number of carbonyl (C=O) groups excluding carboxylic acids is 1. The number of amides is 1. The molecule has 2 aromatic heterocycles. The van der Waals surface area contributed by atoms with E-state index < -0.39 is 17.6 Å². The van der Waals surface area contributed by atoms with Crippen molar-refractivity contribution in [3.8, 4) is 0 Å². The van der Waals surface area contributed by atoms with Crippen molar-refractivity contribution >= 4 is 22.5 Å². The molecule has 0 aliphatic carbocycles.